The topological polar surface area (TPSA) is 84.1 Å². The molecule has 0 radical (unpaired) electrons. The Balaban J connectivity index is 2.50. The van der Waals surface area contributed by atoms with E-state index in [0.29, 0.717) is 36.7 Å². The van der Waals surface area contributed by atoms with Crippen molar-refractivity contribution >= 4 is 34.8 Å². The van der Waals surface area contributed by atoms with Crippen molar-refractivity contribution < 1.29 is 14.6 Å². The average Bonchev–Trinajstić information content (AvgIpc) is 2.53. The van der Waals surface area contributed by atoms with Crippen LogP contribution in [0.1, 0.15) is 46.2 Å². The van der Waals surface area contributed by atoms with Crippen LogP contribution < -0.4 is 0 Å². The fourth-order valence-corrected chi connectivity index (χ4v) is 2.80. The zero-order chi connectivity index (χ0) is 19.3. The van der Waals surface area contributed by atoms with Crippen molar-refractivity contribution in [3.05, 3.63) is 35.1 Å². The Kier molecular flexibility index (Phi) is 6.67. The molecular weight excluding hydrogens is 354 g/mol. The van der Waals surface area contributed by atoms with E-state index in [9.17, 15) is 9.90 Å². The minimum Gasteiger partial charge on any atom is -0.465 e. The molecule has 0 aromatic carbocycles. The number of ether oxygens (including phenoxy) is 1. The average molecular weight is 378 g/mol. The van der Waals surface area contributed by atoms with E-state index in [1.54, 1.807) is 45.0 Å². The van der Waals surface area contributed by atoms with Crippen LogP contribution >= 0.6 is 11.6 Å². The van der Waals surface area contributed by atoms with Gasteiger partial charge in [0.25, 0.3) is 0 Å². The SMILES string of the molecule is CCOC(=O)C1CCC(C)=N/C(Cl)=C\C1=Nc1cccc(C(C)(C)O)n1. The van der Waals surface area contributed by atoms with Crippen LogP contribution in [0.3, 0.4) is 0 Å². The van der Waals surface area contributed by atoms with Gasteiger partial charge in [-0.1, -0.05) is 17.7 Å². The Morgan fingerprint density at radius 3 is 2.85 bits per heavy atom. The van der Waals surface area contributed by atoms with Crippen LogP contribution in [-0.2, 0) is 15.1 Å². The largest absolute Gasteiger partial charge is 0.465 e. The normalized spacial score (nSPS) is 22.1. The van der Waals surface area contributed by atoms with Crippen molar-refractivity contribution in [1.82, 2.24) is 4.98 Å². The lowest BCUT2D eigenvalue weighted by Crippen LogP contribution is -2.27. The summed E-state index contributed by atoms with van der Waals surface area (Å²) in [6.07, 6.45) is 2.72. The quantitative estimate of drug-likeness (QED) is 0.637. The van der Waals surface area contributed by atoms with Crippen LogP contribution in [0.5, 0.6) is 0 Å². The molecule has 140 valence electrons. The van der Waals surface area contributed by atoms with Gasteiger partial charge < -0.3 is 9.84 Å². The summed E-state index contributed by atoms with van der Waals surface area (Å²) in [4.78, 5) is 25.6. The Hall–Kier alpha value is -2.05. The highest BCUT2D eigenvalue weighted by Crippen LogP contribution is 2.24. The predicted octanol–water partition coefficient (Wildman–Crippen LogP) is 3.90. The van der Waals surface area contributed by atoms with Gasteiger partial charge in [-0.15, -0.1) is 0 Å². The first-order chi connectivity index (χ1) is 12.2. The summed E-state index contributed by atoms with van der Waals surface area (Å²) in [5.41, 5.74) is 0.695. The van der Waals surface area contributed by atoms with Crippen LogP contribution in [0.2, 0.25) is 0 Å². The third-order valence-corrected chi connectivity index (χ3v) is 4.09. The first-order valence-electron chi connectivity index (χ1n) is 8.57. The molecular formula is C19H24ClN3O3. The molecule has 1 N–H and O–H groups in total. The van der Waals surface area contributed by atoms with Crippen molar-refractivity contribution in [2.75, 3.05) is 6.61 Å². The first kappa shape index (κ1) is 20.3. The number of pyridine rings is 1. The zero-order valence-electron chi connectivity index (χ0n) is 15.5. The fourth-order valence-electron chi connectivity index (χ4n) is 2.54. The van der Waals surface area contributed by atoms with E-state index >= 15 is 0 Å². The third kappa shape index (κ3) is 5.47. The van der Waals surface area contributed by atoms with Crippen LogP contribution in [0.4, 0.5) is 5.82 Å². The molecule has 0 saturated carbocycles. The number of hydrogen-bond donors (Lipinski definition) is 1. The minimum atomic E-state index is -1.09. The molecule has 2 rings (SSSR count). The van der Waals surface area contributed by atoms with E-state index in [4.69, 9.17) is 16.3 Å². The van der Waals surface area contributed by atoms with E-state index in [2.05, 4.69) is 15.0 Å². The van der Waals surface area contributed by atoms with Crippen molar-refractivity contribution in [1.29, 1.82) is 0 Å². The van der Waals surface area contributed by atoms with Gasteiger partial charge in [0.1, 0.15) is 10.8 Å². The Bertz CT molecular complexity index is 764. The molecule has 1 aromatic rings. The second-order valence-electron chi connectivity index (χ2n) is 6.63. The smallest absolute Gasteiger partial charge is 0.315 e. The van der Waals surface area contributed by atoms with E-state index in [0.717, 1.165) is 5.71 Å². The maximum atomic E-state index is 12.4. The molecule has 0 spiro atoms. The van der Waals surface area contributed by atoms with Crippen LogP contribution in [0.15, 0.2) is 39.4 Å². The summed E-state index contributed by atoms with van der Waals surface area (Å²) in [7, 11) is 0. The summed E-state index contributed by atoms with van der Waals surface area (Å²) in [5, 5.41) is 10.4. The van der Waals surface area contributed by atoms with Gasteiger partial charge in [0.2, 0.25) is 0 Å². The number of carbonyl (C=O) groups excluding carboxylic acids is 1. The van der Waals surface area contributed by atoms with Gasteiger partial charge in [0, 0.05) is 5.71 Å². The summed E-state index contributed by atoms with van der Waals surface area (Å²) in [5.74, 6) is -0.516. The number of aromatic nitrogens is 1. The molecule has 1 atom stereocenters. The van der Waals surface area contributed by atoms with Gasteiger partial charge >= 0.3 is 5.97 Å². The lowest BCUT2D eigenvalue weighted by molar-refractivity contribution is -0.145. The molecule has 0 aliphatic carbocycles. The Morgan fingerprint density at radius 2 is 2.19 bits per heavy atom. The predicted molar refractivity (Wildman–Crippen MR) is 103 cm³/mol. The lowest BCUT2D eigenvalue weighted by Gasteiger charge is -2.19. The highest BCUT2D eigenvalue weighted by molar-refractivity contribution is 6.32. The number of rotatable bonds is 4. The summed E-state index contributed by atoms with van der Waals surface area (Å²) >= 11 is 6.18. The Labute approximate surface area is 158 Å². The molecule has 1 aliphatic rings. The van der Waals surface area contributed by atoms with E-state index < -0.39 is 11.5 Å². The van der Waals surface area contributed by atoms with Gasteiger partial charge in [0.05, 0.1) is 23.9 Å². The number of carbonyl (C=O) groups is 1. The van der Waals surface area contributed by atoms with E-state index in [1.807, 2.05) is 6.92 Å². The molecule has 0 bridgehead atoms. The number of nitrogens with zero attached hydrogens (tertiary/aromatic N) is 3. The first-order valence-corrected chi connectivity index (χ1v) is 8.95. The molecule has 1 aromatic heterocycles. The molecule has 6 nitrogen and oxygen atoms in total. The molecule has 26 heavy (non-hydrogen) atoms. The number of aliphatic imine (C=N–C) groups is 2. The van der Waals surface area contributed by atoms with Gasteiger partial charge in [-0.2, -0.15) is 0 Å². The van der Waals surface area contributed by atoms with Crippen LogP contribution in [-0.4, -0.2) is 34.1 Å². The van der Waals surface area contributed by atoms with Crippen molar-refractivity contribution in [2.24, 2.45) is 15.9 Å². The van der Waals surface area contributed by atoms with Gasteiger partial charge in [-0.25, -0.2) is 15.0 Å². The van der Waals surface area contributed by atoms with E-state index in [1.165, 1.54) is 0 Å². The van der Waals surface area contributed by atoms with E-state index in [-0.39, 0.29) is 11.1 Å². The Morgan fingerprint density at radius 1 is 1.46 bits per heavy atom. The number of hydrogen-bond acceptors (Lipinski definition) is 6. The van der Waals surface area contributed by atoms with Gasteiger partial charge in [0.15, 0.2) is 5.82 Å². The second kappa shape index (κ2) is 8.56. The van der Waals surface area contributed by atoms with Crippen LogP contribution in [0, 0.1) is 5.92 Å². The number of esters is 1. The van der Waals surface area contributed by atoms with Crippen molar-refractivity contribution in [2.45, 2.75) is 46.1 Å². The molecule has 0 saturated heterocycles. The highest BCUT2D eigenvalue weighted by Gasteiger charge is 2.27. The molecule has 1 unspecified atom stereocenters. The van der Waals surface area contributed by atoms with Crippen LogP contribution in [0.25, 0.3) is 0 Å². The summed E-state index contributed by atoms with van der Waals surface area (Å²) < 4.78 is 5.20. The van der Waals surface area contributed by atoms with Gasteiger partial charge in [-0.05, 0) is 58.7 Å². The highest BCUT2D eigenvalue weighted by atomic mass is 35.5. The fraction of sp³-hybridized carbons (Fsp3) is 0.474. The number of halogens is 1. The van der Waals surface area contributed by atoms with Crippen molar-refractivity contribution in [3.63, 3.8) is 0 Å². The lowest BCUT2D eigenvalue weighted by atomic mass is 9.95. The maximum absolute atomic E-state index is 12.4. The monoisotopic (exact) mass is 377 g/mol. The second-order valence-corrected chi connectivity index (χ2v) is 7.02. The van der Waals surface area contributed by atoms with Crippen molar-refractivity contribution in [3.8, 4) is 0 Å². The molecule has 0 amide bonds. The maximum Gasteiger partial charge on any atom is 0.315 e. The van der Waals surface area contributed by atoms with Gasteiger partial charge in [-0.3, -0.25) is 4.79 Å². The minimum absolute atomic E-state index is 0.258. The summed E-state index contributed by atoms with van der Waals surface area (Å²) in [6, 6.07) is 5.19. The molecule has 0 fully saturated rings. The standard InChI is InChI=1S/C19H24ClN3O3/c1-5-26-18(24)13-10-9-12(2)21-16(20)11-14(13)22-17-8-6-7-15(23-17)19(3,4)25/h6-8,11,13,25H,5,9-10H2,1-4H3/b16-11-,21-12?,22-14?. The number of allylic oxidation sites excluding steroid dienone is 1. The molecule has 1 aliphatic heterocycles. The third-order valence-electron chi connectivity index (χ3n) is 3.89. The summed E-state index contributed by atoms with van der Waals surface area (Å²) in [6.45, 7) is 7.23. The molecule has 2 heterocycles. The molecule has 7 heteroatoms. The number of aliphatic hydroxyl groups is 1. The zero-order valence-corrected chi connectivity index (χ0v) is 16.2.